The van der Waals surface area contributed by atoms with Gasteiger partial charge in [0.05, 0.1) is 18.7 Å². The van der Waals surface area contributed by atoms with Gasteiger partial charge in [0.2, 0.25) is 5.91 Å². The molecule has 0 atom stereocenters. The number of hydrogen-bond acceptors (Lipinski definition) is 3. The number of methoxy groups -OCH3 is 1. The number of carbonyl (C=O) groups excluding carboxylic acids is 1. The minimum atomic E-state index is -0.180. The van der Waals surface area contributed by atoms with E-state index in [9.17, 15) is 4.79 Å². The molecule has 2 aromatic carbocycles. The van der Waals surface area contributed by atoms with E-state index in [4.69, 9.17) is 27.9 Å². The molecular formula is C16H16Cl2N2O2. The highest BCUT2D eigenvalue weighted by Gasteiger charge is 2.07. The summed E-state index contributed by atoms with van der Waals surface area (Å²) in [7, 11) is 1.54. The second-order valence-electron chi connectivity index (χ2n) is 4.66. The van der Waals surface area contributed by atoms with E-state index in [2.05, 4.69) is 10.6 Å². The van der Waals surface area contributed by atoms with Gasteiger partial charge in [-0.1, -0.05) is 29.3 Å². The van der Waals surface area contributed by atoms with E-state index in [0.717, 1.165) is 11.3 Å². The summed E-state index contributed by atoms with van der Waals surface area (Å²) in [5.74, 6) is 0.382. The van der Waals surface area contributed by atoms with Crippen LogP contribution in [0.15, 0.2) is 36.4 Å². The third kappa shape index (κ3) is 4.06. The van der Waals surface area contributed by atoms with Crippen molar-refractivity contribution >= 4 is 40.5 Å². The van der Waals surface area contributed by atoms with Gasteiger partial charge in [0, 0.05) is 16.4 Å². The Kier molecular flexibility index (Phi) is 5.52. The SMILES string of the molecule is COc1ccc(NC(=O)CNc2cccc(Cl)c2C)cc1Cl. The molecule has 6 heteroatoms. The zero-order valence-electron chi connectivity index (χ0n) is 12.2. The average Bonchev–Trinajstić information content (AvgIpc) is 2.49. The normalized spacial score (nSPS) is 10.2. The summed E-state index contributed by atoms with van der Waals surface area (Å²) in [5.41, 5.74) is 2.35. The molecule has 0 spiro atoms. The van der Waals surface area contributed by atoms with E-state index >= 15 is 0 Å². The van der Waals surface area contributed by atoms with Crippen molar-refractivity contribution < 1.29 is 9.53 Å². The Morgan fingerprint density at radius 1 is 1.18 bits per heavy atom. The van der Waals surface area contributed by atoms with Crippen LogP contribution in [0.4, 0.5) is 11.4 Å². The maximum Gasteiger partial charge on any atom is 0.243 e. The fraction of sp³-hybridized carbons (Fsp3) is 0.188. The molecule has 0 aliphatic rings. The molecule has 1 amide bonds. The Labute approximate surface area is 139 Å². The summed E-state index contributed by atoms with van der Waals surface area (Å²) in [6.07, 6.45) is 0. The molecule has 2 aromatic rings. The second kappa shape index (κ2) is 7.38. The van der Waals surface area contributed by atoms with Crippen molar-refractivity contribution in [2.45, 2.75) is 6.92 Å². The fourth-order valence-corrected chi connectivity index (χ4v) is 2.36. The van der Waals surface area contributed by atoms with Gasteiger partial charge in [-0.05, 0) is 42.8 Å². The molecule has 2 N–H and O–H groups in total. The molecule has 116 valence electrons. The Morgan fingerprint density at radius 2 is 1.95 bits per heavy atom. The number of halogens is 2. The molecular weight excluding hydrogens is 323 g/mol. The first-order chi connectivity index (χ1) is 10.5. The molecule has 2 rings (SSSR count). The summed E-state index contributed by atoms with van der Waals surface area (Å²) < 4.78 is 5.07. The molecule has 0 aliphatic heterocycles. The van der Waals surface area contributed by atoms with Crippen molar-refractivity contribution in [2.24, 2.45) is 0 Å². The van der Waals surface area contributed by atoms with Gasteiger partial charge in [0.15, 0.2) is 0 Å². The van der Waals surface area contributed by atoms with Gasteiger partial charge in [-0.15, -0.1) is 0 Å². The third-order valence-corrected chi connectivity index (χ3v) is 3.85. The lowest BCUT2D eigenvalue weighted by atomic mass is 10.2. The maximum absolute atomic E-state index is 12.0. The van der Waals surface area contributed by atoms with Crippen LogP contribution in [-0.2, 0) is 4.79 Å². The number of hydrogen-bond donors (Lipinski definition) is 2. The lowest BCUT2D eigenvalue weighted by Gasteiger charge is -2.11. The van der Waals surface area contributed by atoms with E-state index in [1.54, 1.807) is 18.2 Å². The lowest BCUT2D eigenvalue weighted by Crippen LogP contribution is -2.22. The number of rotatable bonds is 5. The highest BCUT2D eigenvalue weighted by molar-refractivity contribution is 6.32. The van der Waals surface area contributed by atoms with Crippen LogP contribution < -0.4 is 15.4 Å². The number of ether oxygens (including phenoxy) is 1. The molecule has 22 heavy (non-hydrogen) atoms. The number of benzene rings is 2. The second-order valence-corrected chi connectivity index (χ2v) is 5.48. The van der Waals surface area contributed by atoms with Gasteiger partial charge >= 0.3 is 0 Å². The van der Waals surface area contributed by atoms with Crippen molar-refractivity contribution in [1.29, 1.82) is 0 Å². The van der Waals surface area contributed by atoms with Crippen LogP contribution in [0.2, 0.25) is 10.0 Å². The van der Waals surface area contributed by atoms with Crippen LogP contribution in [0, 0.1) is 6.92 Å². The molecule has 0 heterocycles. The predicted octanol–water partition coefficient (Wildman–Crippen LogP) is 4.36. The van der Waals surface area contributed by atoms with Crippen LogP contribution in [0.25, 0.3) is 0 Å². The molecule has 0 unspecified atom stereocenters. The summed E-state index contributed by atoms with van der Waals surface area (Å²) in [5, 5.41) is 6.92. The average molecular weight is 339 g/mol. The number of nitrogens with one attached hydrogen (secondary N) is 2. The van der Waals surface area contributed by atoms with Crippen molar-refractivity contribution in [2.75, 3.05) is 24.3 Å². The Morgan fingerprint density at radius 3 is 2.64 bits per heavy atom. The highest BCUT2D eigenvalue weighted by Crippen LogP contribution is 2.27. The Bertz CT molecular complexity index is 690. The fourth-order valence-electron chi connectivity index (χ4n) is 1.92. The van der Waals surface area contributed by atoms with Crippen LogP contribution in [0.5, 0.6) is 5.75 Å². The molecule has 0 radical (unpaired) electrons. The first-order valence-electron chi connectivity index (χ1n) is 6.63. The Hall–Kier alpha value is -1.91. The summed E-state index contributed by atoms with van der Waals surface area (Å²) >= 11 is 12.1. The van der Waals surface area contributed by atoms with Gasteiger partial charge in [0.25, 0.3) is 0 Å². The van der Waals surface area contributed by atoms with Crippen LogP contribution >= 0.6 is 23.2 Å². The highest BCUT2D eigenvalue weighted by atomic mass is 35.5. The molecule has 0 aromatic heterocycles. The molecule has 0 fully saturated rings. The van der Waals surface area contributed by atoms with Gasteiger partial charge in [-0.2, -0.15) is 0 Å². The third-order valence-electron chi connectivity index (χ3n) is 3.14. The monoisotopic (exact) mass is 338 g/mol. The van der Waals surface area contributed by atoms with Crippen molar-refractivity contribution in [1.82, 2.24) is 0 Å². The standard InChI is InChI=1S/C16H16Cl2N2O2/c1-10-12(17)4-3-5-14(10)19-9-16(21)20-11-6-7-15(22-2)13(18)8-11/h3-8,19H,9H2,1-2H3,(H,20,21). The quantitative estimate of drug-likeness (QED) is 0.851. The van der Waals surface area contributed by atoms with E-state index in [1.807, 2.05) is 25.1 Å². The predicted molar refractivity (Wildman–Crippen MR) is 91.3 cm³/mol. The minimum Gasteiger partial charge on any atom is -0.495 e. The molecule has 0 saturated carbocycles. The van der Waals surface area contributed by atoms with Crippen molar-refractivity contribution in [3.63, 3.8) is 0 Å². The molecule has 0 saturated heterocycles. The zero-order valence-corrected chi connectivity index (χ0v) is 13.8. The van der Waals surface area contributed by atoms with Crippen LogP contribution in [0.3, 0.4) is 0 Å². The number of amides is 1. The summed E-state index contributed by atoms with van der Waals surface area (Å²) in [6, 6.07) is 10.6. The molecule has 0 aliphatic carbocycles. The molecule has 0 bridgehead atoms. The lowest BCUT2D eigenvalue weighted by molar-refractivity contribution is -0.114. The largest absolute Gasteiger partial charge is 0.495 e. The van der Waals surface area contributed by atoms with Crippen LogP contribution in [-0.4, -0.2) is 19.6 Å². The van der Waals surface area contributed by atoms with E-state index < -0.39 is 0 Å². The van der Waals surface area contributed by atoms with E-state index in [1.165, 1.54) is 7.11 Å². The smallest absolute Gasteiger partial charge is 0.243 e. The van der Waals surface area contributed by atoms with Gasteiger partial charge < -0.3 is 15.4 Å². The minimum absolute atomic E-state index is 0.130. The van der Waals surface area contributed by atoms with Gasteiger partial charge in [0.1, 0.15) is 5.75 Å². The van der Waals surface area contributed by atoms with Gasteiger partial charge in [-0.25, -0.2) is 0 Å². The van der Waals surface area contributed by atoms with Gasteiger partial charge in [-0.3, -0.25) is 4.79 Å². The van der Waals surface area contributed by atoms with E-state index in [-0.39, 0.29) is 12.5 Å². The number of carbonyl (C=O) groups is 1. The summed E-state index contributed by atoms with van der Waals surface area (Å²) in [4.78, 5) is 12.0. The first kappa shape index (κ1) is 16.5. The molecule has 4 nitrogen and oxygen atoms in total. The van der Waals surface area contributed by atoms with Crippen molar-refractivity contribution in [3.05, 3.63) is 52.0 Å². The van der Waals surface area contributed by atoms with Crippen LogP contribution in [0.1, 0.15) is 5.56 Å². The Balaban J connectivity index is 1.96. The topological polar surface area (TPSA) is 50.4 Å². The zero-order chi connectivity index (χ0) is 16.1. The number of anilines is 2. The maximum atomic E-state index is 12.0. The van der Waals surface area contributed by atoms with Crippen molar-refractivity contribution in [3.8, 4) is 5.75 Å². The van der Waals surface area contributed by atoms with E-state index in [0.29, 0.717) is 21.5 Å². The first-order valence-corrected chi connectivity index (χ1v) is 7.39. The summed E-state index contributed by atoms with van der Waals surface area (Å²) in [6.45, 7) is 2.02.